The van der Waals surface area contributed by atoms with E-state index < -0.39 is 32.8 Å². The summed E-state index contributed by atoms with van der Waals surface area (Å²) < 4.78 is 0. The maximum atomic E-state index is 10.4. The second-order valence-electron chi connectivity index (χ2n) is 2.54. The summed E-state index contributed by atoms with van der Waals surface area (Å²) in [5.41, 5.74) is -1.93. The zero-order chi connectivity index (χ0) is 11.6. The fourth-order valence-corrected chi connectivity index (χ4v) is 0.924. The van der Waals surface area contributed by atoms with E-state index in [1.54, 1.807) is 0 Å². The topological polar surface area (TPSA) is 126 Å². The Morgan fingerprint density at radius 3 is 1.62 bits per heavy atom. The molecule has 78 valence electrons. The zero-order valence-corrected chi connectivity index (χ0v) is 10.1. The number of benzene rings is 1. The Morgan fingerprint density at radius 1 is 1.00 bits per heavy atom. The van der Waals surface area contributed by atoms with Crippen LogP contribution < -0.4 is 34.7 Å². The Kier molecular flexibility index (Phi) is 5.02. The zero-order valence-electron chi connectivity index (χ0n) is 8.08. The molecule has 8 nitrogen and oxygen atoms in total. The minimum Gasteiger partial charge on any atom is -0.545 e. The summed E-state index contributed by atoms with van der Waals surface area (Å²) in [5.74, 6) is -1.71. The van der Waals surface area contributed by atoms with Crippen molar-refractivity contribution >= 4 is 17.3 Å². The van der Waals surface area contributed by atoms with Crippen LogP contribution in [-0.2, 0) is 0 Å². The first-order valence-corrected chi connectivity index (χ1v) is 3.57. The Bertz CT molecular complexity index is 381. The van der Waals surface area contributed by atoms with Crippen molar-refractivity contribution in [2.24, 2.45) is 0 Å². The Hall–Kier alpha value is -1.51. The fraction of sp³-hybridized carbons (Fsp3) is 0. The average molecular weight is 234 g/mol. The van der Waals surface area contributed by atoms with Gasteiger partial charge in [-0.1, -0.05) is 0 Å². The van der Waals surface area contributed by atoms with Crippen LogP contribution >= 0.6 is 0 Å². The summed E-state index contributed by atoms with van der Waals surface area (Å²) in [5, 5.41) is 31.0. The van der Waals surface area contributed by atoms with Crippen LogP contribution in [0, 0.1) is 20.2 Å². The molecule has 1 rings (SSSR count). The molecule has 0 saturated heterocycles. The number of rotatable bonds is 3. The minimum atomic E-state index is -1.71. The summed E-state index contributed by atoms with van der Waals surface area (Å²) in [6, 6.07) is 2.07. The van der Waals surface area contributed by atoms with E-state index in [9.17, 15) is 30.1 Å². The van der Waals surface area contributed by atoms with Crippen LogP contribution in [0.5, 0.6) is 0 Å². The van der Waals surface area contributed by atoms with Crippen LogP contribution in [0.4, 0.5) is 11.4 Å². The van der Waals surface area contributed by atoms with Crippen molar-refractivity contribution in [2.75, 3.05) is 0 Å². The molecule has 0 atom stereocenters. The van der Waals surface area contributed by atoms with Gasteiger partial charge < -0.3 is 9.90 Å². The Morgan fingerprint density at radius 2 is 1.38 bits per heavy atom. The largest absolute Gasteiger partial charge is 1.00 e. The van der Waals surface area contributed by atoms with E-state index in [-0.39, 0.29) is 29.6 Å². The van der Waals surface area contributed by atoms with Crippen molar-refractivity contribution in [1.29, 1.82) is 0 Å². The molecule has 0 aliphatic heterocycles. The molecule has 0 aromatic heterocycles. The number of hydrogen-bond donors (Lipinski definition) is 0. The van der Waals surface area contributed by atoms with E-state index >= 15 is 0 Å². The second kappa shape index (κ2) is 5.54. The van der Waals surface area contributed by atoms with Gasteiger partial charge in [0.25, 0.3) is 11.4 Å². The monoisotopic (exact) mass is 234 g/mol. The number of aromatic carboxylic acids is 1. The van der Waals surface area contributed by atoms with Crippen molar-refractivity contribution in [2.45, 2.75) is 0 Å². The number of nitro groups is 2. The van der Waals surface area contributed by atoms with Gasteiger partial charge in [-0.15, -0.1) is 0 Å². The molecule has 1 aromatic carbocycles. The van der Waals surface area contributed by atoms with Gasteiger partial charge in [-0.2, -0.15) is 0 Å². The van der Waals surface area contributed by atoms with Crippen LogP contribution in [0.25, 0.3) is 0 Å². The molecule has 0 N–H and O–H groups in total. The van der Waals surface area contributed by atoms with Crippen LogP contribution in [0.1, 0.15) is 10.4 Å². The molecule has 0 fully saturated rings. The van der Waals surface area contributed by atoms with Crippen LogP contribution in [0.3, 0.4) is 0 Å². The quantitative estimate of drug-likeness (QED) is 0.309. The smallest absolute Gasteiger partial charge is 0.545 e. The molecule has 0 saturated carbocycles. The number of carboxylic acid groups (broad SMARTS) is 1. The first-order chi connectivity index (χ1) is 6.91. The molecular weight excluding hydrogens is 231 g/mol. The van der Waals surface area contributed by atoms with Crippen molar-refractivity contribution in [3.05, 3.63) is 44.0 Å². The molecule has 1 aromatic rings. The van der Waals surface area contributed by atoms with E-state index in [2.05, 4.69) is 0 Å². The van der Waals surface area contributed by atoms with E-state index in [0.29, 0.717) is 18.2 Å². The number of nitrogens with zero attached hydrogens (tertiary/aromatic N) is 2. The fourth-order valence-electron chi connectivity index (χ4n) is 0.924. The van der Waals surface area contributed by atoms with Crippen LogP contribution in [0.15, 0.2) is 18.2 Å². The van der Waals surface area contributed by atoms with Gasteiger partial charge in [0.2, 0.25) is 0 Å². The maximum absolute atomic E-state index is 10.4. The number of hydrogen-bond acceptors (Lipinski definition) is 6. The molecule has 0 spiro atoms. The summed E-state index contributed by atoms with van der Waals surface area (Å²) >= 11 is 0. The van der Waals surface area contributed by atoms with Gasteiger partial charge in [0.05, 0.1) is 21.9 Å². The van der Waals surface area contributed by atoms with E-state index in [0.717, 1.165) is 0 Å². The second-order valence-corrected chi connectivity index (χ2v) is 2.54. The summed E-state index contributed by atoms with van der Waals surface area (Å²) in [7, 11) is 0. The molecule has 0 radical (unpaired) electrons. The third-order valence-electron chi connectivity index (χ3n) is 1.56. The Balaban J connectivity index is 0.00000225. The Labute approximate surface area is 110 Å². The average Bonchev–Trinajstić information content (AvgIpc) is 2.16. The van der Waals surface area contributed by atoms with Gasteiger partial charge in [-0.3, -0.25) is 20.2 Å². The molecular formula is C7H3N2NaO6. The van der Waals surface area contributed by atoms with Crippen molar-refractivity contribution in [3.8, 4) is 0 Å². The number of carboxylic acids is 1. The first-order valence-electron chi connectivity index (χ1n) is 3.57. The third kappa shape index (κ3) is 3.26. The van der Waals surface area contributed by atoms with E-state index in [4.69, 9.17) is 0 Å². The van der Waals surface area contributed by atoms with Gasteiger partial charge in [0.1, 0.15) is 0 Å². The predicted molar refractivity (Wildman–Crippen MR) is 44.1 cm³/mol. The van der Waals surface area contributed by atoms with Gasteiger partial charge in [0, 0.05) is 17.7 Å². The predicted octanol–water partition coefficient (Wildman–Crippen LogP) is -3.13. The van der Waals surface area contributed by atoms with Gasteiger partial charge in [-0.05, 0) is 0 Å². The van der Waals surface area contributed by atoms with Crippen molar-refractivity contribution in [3.63, 3.8) is 0 Å². The van der Waals surface area contributed by atoms with E-state index in [1.807, 2.05) is 0 Å². The van der Waals surface area contributed by atoms with Crippen LogP contribution in [-0.4, -0.2) is 15.8 Å². The molecule has 0 amide bonds. The summed E-state index contributed by atoms with van der Waals surface area (Å²) in [4.78, 5) is 29.2. The molecule has 16 heavy (non-hydrogen) atoms. The van der Waals surface area contributed by atoms with E-state index in [1.165, 1.54) is 0 Å². The van der Waals surface area contributed by atoms with Gasteiger partial charge >= 0.3 is 29.6 Å². The number of carbonyl (C=O) groups excluding carboxylic acids is 1. The molecule has 0 bridgehead atoms. The summed E-state index contributed by atoms with van der Waals surface area (Å²) in [6.45, 7) is 0. The normalized spacial score (nSPS) is 9.00. The standard InChI is InChI=1S/C7H4N2O6.Na/c10-7(11)4-1-5(8(12)13)3-6(2-4)9(14)15;/h1-3H,(H,10,11);/q;+1/p-1. The number of non-ortho nitro benzene ring substituents is 2. The molecule has 9 heteroatoms. The van der Waals surface area contributed by atoms with Crippen molar-refractivity contribution < 1.29 is 49.3 Å². The molecule has 0 heterocycles. The molecule has 0 aliphatic carbocycles. The van der Waals surface area contributed by atoms with Crippen molar-refractivity contribution in [1.82, 2.24) is 0 Å². The molecule has 0 unspecified atom stereocenters. The van der Waals surface area contributed by atoms with Crippen LogP contribution in [0.2, 0.25) is 0 Å². The summed E-state index contributed by atoms with van der Waals surface area (Å²) in [6.07, 6.45) is 0. The van der Waals surface area contributed by atoms with Gasteiger partial charge in [0.15, 0.2) is 0 Å². The first kappa shape index (κ1) is 14.5. The molecule has 0 aliphatic rings. The SMILES string of the molecule is O=C([O-])c1cc([N+](=O)[O-])cc([N+](=O)[O-])c1.[Na+]. The van der Waals surface area contributed by atoms with Gasteiger partial charge in [-0.25, -0.2) is 0 Å². The number of carbonyl (C=O) groups is 1. The number of nitro benzene ring substituents is 2. The minimum absolute atomic E-state index is 0. The maximum Gasteiger partial charge on any atom is 1.00 e. The third-order valence-corrected chi connectivity index (χ3v) is 1.56.